The van der Waals surface area contributed by atoms with Gasteiger partial charge in [0.1, 0.15) is 0 Å². The van der Waals surface area contributed by atoms with Crippen LogP contribution in [0.4, 0.5) is 4.79 Å². The van der Waals surface area contributed by atoms with Crippen LogP contribution in [0.1, 0.15) is 50.6 Å². The number of urea groups is 1. The lowest BCUT2D eigenvalue weighted by molar-refractivity contribution is -0.121. The maximum absolute atomic E-state index is 11.9. The van der Waals surface area contributed by atoms with Gasteiger partial charge in [-0.15, -0.1) is 0 Å². The summed E-state index contributed by atoms with van der Waals surface area (Å²) in [4.78, 5) is 23.6. The number of hydrogen-bond acceptors (Lipinski definition) is 2. The molecule has 0 aromatic heterocycles. The molecule has 3 N–H and O–H groups in total. The minimum atomic E-state index is -0.258. The molecule has 23 heavy (non-hydrogen) atoms. The van der Waals surface area contributed by atoms with Crippen molar-refractivity contribution in [1.29, 1.82) is 0 Å². The first-order chi connectivity index (χ1) is 11.0. The Morgan fingerprint density at radius 2 is 2.04 bits per heavy atom. The molecule has 1 aromatic carbocycles. The van der Waals surface area contributed by atoms with Crippen LogP contribution in [-0.2, 0) is 4.79 Å². The zero-order valence-electron chi connectivity index (χ0n) is 13.4. The molecule has 5 nitrogen and oxygen atoms in total. The molecule has 1 atom stereocenters. The second-order valence-corrected chi connectivity index (χ2v) is 6.89. The Morgan fingerprint density at radius 1 is 1.30 bits per heavy atom. The molecule has 1 fully saturated rings. The van der Waals surface area contributed by atoms with E-state index in [4.69, 9.17) is 0 Å². The molecule has 6 heteroatoms. The third kappa shape index (κ3) is 6.22. The van der Waals surface area contributed by atoms with Crippen LogP contribution in [0.5, 0.6) is 0 Å². The first-order valence-electron chi connectivity index (χ1n) is 8.14. The Labute approximate surface area is 145 Å². The Bertz CT molecular complexity index is 544. The van der Waals surface area contributed by atoms with Gasteiger partial charge in [0.05, 0.1) is 6.04 Å². The smallest absolute Gasteiger partial charge is 0.315 e. The lowest BCUT2D eigenvalue weighted by Gasteiger charge is -2.16. The Hall–Kier alpha value is -1.56. The van der Waals surface area contributed by atoms with E-state index in [2.05, 4.69) is 31.9 Å². The summed E-state index contributed by atoms with van der Waals surface area (Å²) in [7, 11) is 0. The normalized spacial score (nSPS) is 15.9. The Kier molecular flexibility index (Phi) is 6.89. The van der Waals surface area contributed by atoms with E-state index in [0.717, 1.165) is 22.9 Å². The summed E-state index contributed by atoms with van der Waals surface area (Å²) < 4.78 is 0.979. The summed E-state index contributed by atoms with van der Waals surface area (Å²) in [6.45, 7) is 2.27. The van der Waals surface area contributed by atoms with Crippen molar-refractivity contribution in [3.8, 4) is 0 Å². The molecule has 3 amide bonds. The lowest BCUT2D eigenvalue weighted by Crippen LogP contribution is -2.40. The fraction of sp³-hybridized carbons (Fsp3) is 0.529. The maximum Gasteiger partial charge on any atom is 0.315 e. The zero-order valence-corrected chi connectivity index (χ0v) is 15.0. The van der Waals surface area contributed by atoms with E-state index in [9.17, 15) is 9.59 Å². The van der Waals surface area contributed by atoms with Crippen LogP contribution in [0.2, 0.25) is 0 Å². The molecule has 1 saturated carbocycles. The SMILES string of the molecule is CC(NC(=O)NCCC(=O)NC1CCCC1)c1cccc(Br)c1. The first-order valence-corrected chi connectivity index (χ1v) is 8.93. The van der Waals surface area contributed by atoms with Crippen LogP contribution in [-0.4, -0.2) is 24.5 Å². The highest BCUT2D eigenvalue weighted by Gasteiger charge is 2.17. The Balaban J connectivity index is 1.65. The number of carbonyl (C=O) groups is 2. The van der Waals surface area contributed by atoms with E-state index in [1.807, 2.05) is 31.2 Å². The highest BCUT2D eigenvalue weighted by Crippen LogP contribution is 2.18. The van der Waals surface area contributed by atoms with Crippen LogP contribution < -0.4 is 16.0 Å². The van der Waals surface area contributed by atoms with Gasteiger partial charge in [-0.1, -0.05) is 40.9 Å². The number of hydrogen-bond donors (Lipinski definition) is 3. The van der Waals surface area contributed by atoms with Gasteiger partial charge in [-0.2, -0.15) is 0 Å². The van der Waals surface area contributed by atoms with Gasteiger partial charge in [-0.25, -0.2) is 4.79 Å². The fourth-order valence-corrected chi connectivity index (χ4v) is 3.18. The largest absolute Gasteiger partial charge is 0.353 e. The first kappa shape index (κ1) is 17.8. The molecule has 2 rings (SSSR count). The van der Waals surface area contributed by atoms with Crippen molar-refractivity contribution in [1.82, 2.24) is 16.0 Å². The van der Waals surface area contributed by atoms with Gasteiger partial charge in [0.2, 0.25) is 5.91 Å². The number of carbonyl (C=O) groups excluding carboxylic acids is 2. The van der Waals surface area contributed by atoms with E-state index in [1.165, 1.54) is 12.8 Å². The molecule has 1 aliphatic carbocycles. The van der Waals surface area contributed by atoms with Crippen molar-refractivity contribution < 1.29 is 9.59 Å². The molecule has 0 aliphatic heterocycles. The molecule has 126 valence electrons. The fourth-order valence-electron chi connectivity index (χ4n) is 2.77. The molecular weight excluding hydrogens is 358 g/mol. The molecule has 1 aliphatic rings. The summed E-state index contributed by atoms with van der Waals surface area (Å²) in [5, 5.41) is 8.61. The van der Waals surface area contributed by atoms with Crippen LogP contribution in [0.25, 0.3) is 0 Å². The summed E-state index contributed by atoms with van der Waals surface area (Å²) in [6, 6.07) is 7.78. The minimum Gasteiger partial charge on any atom is -0.353 e. The van der Waals surface area contributed by atoms with Gasteiger partial charge in [0, 0.05) is 23.5 Å². The average Bonchev–Trinajstić information content (AvgIpc) is 3.00. The molecule has 0 bridgehead atoms. The highest BCUT2D eigenvalue weighted by molar-refractivity contribution is 9.10. The van der Waals surface area contributed by atoms with E-state index >= 15 is 0 Å². The number of benzene rings is 1. The minimum absolute atomic E-state index is 0.0113. The lowest BCUT2D eigenvalue weighted by atomic mass is 10.1. The van der Waals surface area contributed by atoms with E-state index in [1.54, 1.807) is 0 Å². The second kappa shape index (κ2) is 8.91. The Morgan fingerprint density at radius 3 is 2.74 bits per heavy atom. The standard InChI is InChI=1S/C17H24BrN3O2/c1-12(13-5-4-6-14(18)11-13)20-17(23)19-10-9-16(22)21-15-7-2-3-8-15/h4-6,11-12,15H,2-3,7-10H2,1H3,(H,21,22)(H2,19,20,23). The number of amides is 3. The second-order valence-electron chi connectivity index (χ2n) is 5.98. The predicted molar refractivity (Wildman–Crippen MR) is 94.1 cm³/mol. The summed E-state index contributed by atoms with van der Waals surface area (Å²) >= 11 is 3.42. The van der Waals surface area contributed by atoms with E-state index in [0.29, 0.717) is 19.0 Å². The van der Waals surface area contributed by atoms with Gasteiger partial charge in [-0.05, 0) is 37.5 Å². The van der Waals surface area contributed by atoms with Gasteiger partial charge in [0.15, 0.2) is 0 Å². The molecule has 0 saturated heterocycles. The van der Waals surface area contributed by atoms with E-state index in [-0.39, 0.29) is 18.0 Å². The molecule has 1 aromatic rings. The molecule has 0 heterocycles. The van der Waals surface area contributed by atoms with Crippen molar-refractivity contribution >= 4 is 27.9 Å². The van der Waals surface area contributed by atoms with Gasteiger partial charge in [0.25, 0.3) is 0 Å². The monoisotopic (exact) mass is 381 g/mol. The van der Waals surface area contributed by atoms with Gasteiger partial charge in [-0.3, -0.25) is 4.79 Å². The number of halogens is 1. The summed E-state index contributed by atoms with van der Waals surface area (Å²) in [6.07, 6.45) is 4.85. The van der Waals surface area contributed by atoms with Crippen molar-refractivity contribution in [2.75, 3.05) is 6.54 Å². The summed E-state index contributed by atoms with van der Waals surface area (Å²) in [5.41, 5.74) is 1.02. The van der Waals surface area contributed by atoms with Gasteiger partial charge < -0.3 is 16.0 Å². The van der Waals surface area contributed by atoms with E-state index < -0.39 is 0 Å². The molecule has 1 unspecified atom stereocenters. The van der Waals surface area contributed by atoms with Crippen LogP contribution in [0.15, 0.2) is 28.7 Å². The zero-order chi connectivity index (χ0) is 16.7. The molecule has 0 spiro atoms. The van der Waals surface area contributed by atoms with Crippen LogP contribution in [0.3, 0.4) is 0 Å². The van der Waals surface area contributed by atoms with Crippen molar-refractivity contribution in [2.24, 2.45) is 0 Å². The molecule has 0 radical (unpaired) electrons. The van der Waals surface area contributed by atoms with Crippen molar-refractivity contribution in [3.05, 3.63) is 34.3 Å². The van der Waals surface area contributed by atoms with Crippen LogP contribution in [0, 0.1) is 0 Å². The van der Waals surface area contributed by atoms with Crippen molar-refractivity contribution in [3.63, 3.8) is 0 Å². The molecular formula is C17H24BrN3O2. The quantitative estimate of drug-likeness (QED) is 0.707. The van der Waals surface area contributed by atoms with Crippen molar-refractivity contribution in [2.45, 2.75) is 51.1 Å². The average molecular weight is 382 g/mol. The number of rotatable bonds is 6. The topological polar surface area (TPSA) is 70.2 Å². The highest BCUT2D eigenvalue weighted by atomic mass is 79.9. The third-order valence-electron chi connectivity index (χ3n) is 4.05. The van der Waals surface area contributed by atoms with Crippen LogP contribution >= 0.6 is 15.9 Å². The maximum atomic E-state index is 11.9. The predicted octanol–water partition coefficient (Wildman–Crippen LogP) is 3.26. The number of nitrogens with one attached hydrogen (secondary N) is 3. The third-order valence-corrected chi connectivity index (χ3v) is 4.55. The summed E-state index contributed by atoms with van der Waals surface area (Å²) in [5.74, 6) is 0.0113. The van der Waals surface area contributed by atoms with Gasteiger partial charge >= 0.3 is 6.03 Å².